The summed E-state index contributed by atoms with van der Waals surface area (Å²) < 4.78 is 7.28. The smallest absolute Gasteiger partial charge is 0.232 e. The summed E-state index contributed by atoms with van der Waals surface area (Å²) in [5.74, 6) is 2.26. The Morgan fingerprint density at radius 1 is 1.60 bits per heavy atom. The molecule has 0 aromatic carbocycles. The van der Waals surface area contributed by atoms with Crippen molar-refractivity contribution in [3.8, 4) is 0 Å². The Labute approximate surface area is 124 Å². The zero-order chi connectivity index (χ0) is 14.4. The molecule has 1 aromatic rings. The van der Waals surface area contributed by atoms with Crippen LogP contribution >= 0.6 is 11.8 Å². The molecule has 112 valence electrons. The standard InChI is InChI=1S/C14H23N3O2S/c1-19-9-8-16-7-5-15-14(16)12-4-3-6-17(10-12)13(18)11-20-2/h5,7,12H,3-4,6,8-11H2,1-2H3/t12-/m1/s1. The highest BCUT2D eigenvalue weighted by atomic mass is 32.2. The number of rotatable bonds is 6. The molecule has 1 atom stereocenters. The maximum Gasteiger partial charge on any atom is 0.232 e. The Balaban J connectivity index is 2.01. The molecule has 6 heteroatoms. The van der Waals surface area contributed by atoms with Crippen LogP contribution in [0.1, 0.15) is 24.6 Å². The molecular weight excluding hydrogens is 274 g/mol. The van der Waals surface area contributed by atoms with E-state index in [1.165, 1.54) is 0 Å². The molecule has 0 spiro atoms. The number of amides is 1. The highest BCUT2D eigenvalue weighted by Gasteiger charge is 2.26. The number of hydrogen-bond donors (Lipinski definition) is 0. The minimum Gasteiger partial charge on any atom is -0.383 e. The van der Waals surface area contributed by atoms with Gasteiger partial charge in [-0.15, -0.1) is 0 Å². The molecule has 0 saturated carbocycles. The first-order chi connectivity index (χ1) is 9.76. The first-order valence-electron chi connectivity index (χ1n) is 7.03. The summed E-state index contributed by atoms with van der Waals surface area (Å²) in [6, 6.07) is 0. The van der Waals surface area contributed by atoms with E-state index >= 15 is 0 Å². The van der Waals surface area contributed by atoms with Gasteiger partial charge in [-0.1, -0.05) is 0 Å². The topological polar surface area (TPSA) is 47.4 Å². The van der Waals surface area contributed by atoms with E-state index in [0.29, 0.717) is 18.3 Å². The molecule has 1 fully saturated rings. The van der Waals surface area contributed by atoms with E-state index in [1.807, 2.05) is 23.5 Å². The number of nitrogens with zero attached hydrogens (tertiary/aromatic N) is 3. The van der Waals surface area contributed by atoms with Crippen molar-refractivity contribution in [3.63, 3.8) is 0 Å². The van der Waals surface area contributed by atoms with E-state index in [4.69, 9.17) is 4.74 Å². The molecule has 0 radical (unpaired) electrons. The van der Waals surface area contributed by atoms with Gasteiger partial charge in [0, 0.05) is 45.1 Å². The molecular formula is C14H23N3O2S. The van der Waals surface area contributed by atoms with E-state index in [0.717, 1.165) is 38.3 Å². The van der Waals surface area contributed by atoms with Crippen molar-refractivity contribution < 1.29 is 9.53 Å². The van der Waals surface area contributed by atoms with Crippen LogP contribution in [0.15, 0.2) is 12.4 Å². The average Bonchev–Trinajstić information content (AvgIpc) is 2.94. The third-order valence-corrected chi connectivity index (χ3v) is 4.23. The fraction of sp³-hybridized carbons (Fsp3) is 0.714. The second-order valence-corrected chi connectivity index (χ2v) is 5.95. The third-order valence-electron chi connectivity index (χ3n) is 3.69. The highest BCUT2D eigenvalue weighted by Crippen LogP contribution is 2.26. The maximum absolute atomic E-state index is 12.0. The minimum absolute atomic E-state index is 0.247. The minimum atomic E-state index is 0.247. The number of methoxy groups -OCH3 is 1. The third kappa shape index (κ3) is 3.76. The second kappa shape index (κ2) is 7.69. The van der Waals surface area contributed by atoms with E-state index in [1.54, 1.807) is 18.9 Å². The van der Waals surface area contributed by atoms with Crippen molar-refractivity contribution in [3.05, 3.63) is 18.2 Å². The molecule has 2 heterocycles. The van der Waals surface area contributed by atoms with Gasteiger partial charge in [0.1, 0.15) is 5.82 Å². The van der Waals surface area contributed by atoms with Gasteiger partial charge in [0.05, 0.1) is 12.4 Å². The van der Waals surface area contributed by atoms with E-state index in [9.17, 15) is 4.79 Å². The van der Waals surface area contributed by atoms with Crippen LogP contribution in [0.5, 0.6) is 0 Å². The molecule has 0 N–H and O–H groups in total. The van der Waals surface area contributed by atoms with Crippen molar-refractivity contribution in [1.82, 2.24) is 14.5 Å². The van der Waals surface area contributed by atoms with Gasteiger partial charge in [-0.25, -0.2) is 4.98 Å². The van der Waals surface area contributed by atoms with E-state index < -0.39 is 0 Å². The number of imidazole rings is 1. The molecule has 1 aliphatic heterocycles. The van der Waals surface area contributed by atoms with Gasteiger partial charge in [-0.05, 0) is 19.1 Å². The predicted molar refractivity (Wildman–Crippen MR) is 81.0 cm³/mol. The fourth-order valence-electron chi connectivity index (χ4n) is 2.69. The first-order valence-corrected chi connectivity index (χ1v) is 8.42. The lowest BCUT2D eigenvalue weighted by Gasteiger charge is -2.32. The number of thioether (sulfide) groups is 1. The fourth-order valence-corrected chi connectivity index (χ4v) is 3.12. The van der Waals surface area contributed by atoms with E-state index in [-0.39, 0.29) is 5.91 Å². The molecule has 0 aliphatic carbocycles. The number of carbonyl (C=O) groups is 1. The summed E-state index contributed by atoms with van der Waals surface area (Å²) in [7, 11) is 1.71. The Morgan fingerprint density at radius 3 is 3.20 bits per heavy atom. The largest absolute Gasteiger partial charge is 0.383 e. The SMILES string of the molecule is COCCn1ccnc1[C@@H]1CCCN(C(=O)CSC)C1. The van der Waals surface area contributed by atoms with Crippen LogP contribution < -0.4 is 0 Å². The van der Waals surface area contributed by atoms with Crippen molar-refractivity contribution in [2.24, 2.45) is 0 Å². The van der Waals surface area contributed by atoms with Crippen LogP contribution in [-0.2, 0) is 16.1 Å². The molecule has 1 aromatic heterocycles. The summed E-state index contributed by atoms with van der Waals surface area (Å²) in [6.45, 7) is 3.18. The van der Waals surface area contributed by atoms with Crippen LogP contribution in [0.25, 0.3) is 0 Å². The quantitative estimate of drug-likeness (QED) is 0.800. The van der Waals surface area contributed by atoms with Crippen LogP contribution in [0.3, 0.4) is 0 Å². The number of piperidine rings is 1. The molecule has 0 unspecified atom stereocenters. The van der Waals surface area contributed by atoms with Crippen molar-refractivity contribution in [2.45, 2.75) is 25.3 Å². The number of likely N-dealkylation sites (tertiary alicyclic amines) is 1. The van der Waals surface area contributed by atoms with Crippen LogP contribution in [-0.4, -0.2) is 59.2 Å². The van der Waals surface area contributed by atoms with Crippen LogP contribution in [0.2, 0.25) is 0 Å². The average molecular weight is 297 g/mol. The first kappa shape index (κ1) is 15.4. The zero-order valence-electron chi connectivity index (χ0n) is 12.2. The highest BCUT2D eigenvalue weighted by molar-refractivity contribution is 7.99. The molecule has 0 bridgehead atoms. The summed E-state index contributed by atoms with van der Waals surface area (Å²) in [5.41, 5.74) is 0. The Morgan fingerprint density at radius 2 is 2.45 bits per heavy atom. The Hall–Kier alpha value is -1.01. The lowest BCUT2D eigenvalue weighted by molar-refractivity contribution is -0.129. The summed E-state index contributed by atoms with van der Waals surface area (Å²) >= 11 is 1.59. The second-order valence-electron chi connectivity index (χ2n) is 5.08. The monoisotopic (exact) mass is 297 g/mol. The van der Waals surface area contributed by atoms with Gasteiger partial charge in [0.15, 0.2) is 0 Å². The summed E-state index contributed by atoms with van der Waals surface area (Å²) in [6.07, 6.45) is 7.97. The molecule has 1 saturated heterocycles. The van der Waals surface area contributed by atoms with E-state index in [2.05, 4.69) is 9.55 Å². The number of aromatic nitrogens is 2. The van der Waals surface area contributed by atoms with Crippen molar-refractivity contribution in [2.75, 3.05) is 38.8 Å². The lowest BCUT2D eigenvalue weighted by atomic mass is 9.97. The van der Waals surface area contributed by atoms with Crippen LogP contribution in [0, 0.1) is 0 Å². The predicted octanol–water partition coefficient (Wildman–Crippen LogP) is 1.60. The summed E-state index contributed by atoms with van der Waals surface area (Å²) in [4.78, 5) is 18.5. The number of ether oxygens (including phenoxy) is 1. The van der Waals surface area contributed by atoms with Gasteiger partial charge < -0.3 is 14.2 Å². The van der Waals surface area contributed by atoms with Gasteiger partial charge in [0.25, 0.3) is 0 Å². The molecule has 1 amide bonds. The number of carbonyl (C=O) groups excluding carboxylic acids is 1. The lowest BCUT2D eigenvalue weighted by Crippen LogP contribution is -2.40. The normalized spacial score (nSPS) is 19.3. The van der Waals surface area contributed by atoms with Gasteiger partial charge in [-0.2, -0.15) is 11.8 Å². The zero-order valence-corrected chi connectivity index (χ0v) is 13.1. The Kier molecular flexibility index (Phi) is 5.91. The van der Waals surface area contributed by atoms with Crippen molar-refractivity contribution >= 4 is 17.7 Å². The van der Waals surface area contributed by atoms with Crippen LogP contribution in [0.4, 0.5) is 0 Å². The molecule has 5 nitrogen and oxygen atoms in total. The Bertz CT molecular complexity index is 436. The molecule has 20 heavy (non-hydrogen) atoms. The van der Waals surface area contributed by atoms with Gasteiger partial charge >= 0.3 is 0 Å². The van der Waals surface area contributed by atoms with Gasteiger partial charge in [0.2, 0.25) is 5.91 Å². The van der Waals surface area contributed by atoms with Gasteiger partial charge in [-0.3, -0.25) is 4.79 Å². The maximum atomic E-state index is 12.0. The van der Waals surface area contributed by atoms with Crippen molar-refractivity contribution in [1.29, 1.82) is 0 Å². The molecule has 1 aliphatic rings. The molecule has 2 rings (SSSR count). The summed E-state index contributed by atoms with van der Waals surface area (Å²) in [5, 5.41) is 0. The number of hydrogen-bond acceptors (Lipinski definition) is 4.